The average molecular weight is 493 g/mol. The van der Waals surface area contributed by atoms with Crippen molar-refractivity contribution in [3.8, 4) is 5.75 Å². The molecule has 3 saturated carbocycles. The Hall–Kier alpha value is -2.87. The fraction of sp³-hybridized carbons (Fsp3) is 0.457. The molecule has 0 aromatic heterocycles. The topological polar surface area (TPSA) is 26.3 Å². The van der Waals surface area contributed by atoms with Gasteiger partial charge in [0.2, 0.25) is 0 Å². The van der Waals surface area contributed by atoms with Crippen molar-refractivity contribution in [3.05, 3.63) is 102 Å². The van der Waals surface area contributed by atoms with E-state index in [1.165, 1.54) is 36.8 Å². The molecule has 0 amide bonds. The predicted octanol–water partition coefficient (Wildman–Crippen LogP) is 8.14. The van der Waals surface area contributed by atoms with Gasteiger partial charge in [-0.15, -0.1) is 0 Å². The zero-order chi connectivity index (χ0) is 25.6. The third-order valence-electron chi connectivity index (χ3n) is 10.6. The number of fused-ring (bicyclic) bond motifs is 5. The summed E-state index contributed by atoms with van der Waals surface area (Å²) in [6.07, 6.45) is 14.9. The fourth-order valence-electron chi connectivity index (χ4n) is 8.59. The lowest BCUT2D eigenvalue weighted by atomic mass is 9.47. The molecule has 0 aliphatic heterocycles. The monoisotopic (exact) mass is 492 g/mol. The lowest BCUT2D eigenvalue weighted by Gasteiger charge is -2.57. The molecule has 2 heteroatoms. The number of hydrogen-bond acceptors (Lipinski definition) is 2. The van der Waals surface area contributed by atoms with Crippen LogP contribution in [0.15, 0.2) is 90.6 Å². The van der Waals surface area contributed by atoms with Crippen molar-refractivity contribution in [1.29, 1.82) is 0 Å². The van der Waals surface area contributed by atoms with Crippen LogP contribution in [0.4, 0.5) is 0 Å². The quantitative estimate of drug-likeness (QED) is 0.407. The van der Waals surface area contributed by atoms with Gasteiger partial charge in [-0.1, -0.05) is 86.7 Å². The van der Waals surface area contributed by atoms with E-state index in [-0.39, 0.29) is 23.4 Å². The van der Waals surface area contributed by atoms with Crippen LogP contribution in [0.1, 0.15) is 63.5 Å². The summed E-state index contributed by atoms with van der Waals surface area (Å²) < 4.78 is 6.04. The Kier molecular flexibility index (Phi) is 6.25. The van der Waals surface area contributed by atoms with Gasteiger partial charge in [-0.2, -0.15) is 0 Å². The van der Waals surface area contributed by atoms with Crippen LogP contribution >= 0.6 is 0 Å². The molecule has 0 N–H and O–H groups in total. The molecule has 0 bridgehead atoms. The molecule has 0 heterocycles. The number of carbonyl (C=O) groups is 1. The summed E-state index contributed by atoms with van der Waals surface area (Å²) in [6.45, 7) is 9.25. The van der Waals surface area contributed by atoms with E-state index in [1.807, 2.05) is 18.2 Å². The SMILES string of the molecule is C=C1C=CC2(C)C(=C1)CCC1C2CCC2(C)C(C(=O)COc3ccc(Cc4ccccc4)cc3)CCC12. The van der Waals surface area contributed by atoms with Gasteiger partial charge >= 0.3 is 0 Å². The van der Waals surface area contributed by atoms with Crippen molar-refractivity contribution in [2.75, 3.05) is 6.61 Å². The molecule has 6 rings (SSSR count). The second-order valence-corrected chi connectivity index (χ2v) is 12.5. The molecule has 37 heavy (non-hydrogen) atoms. The van der Waals surface area contributed by atoms with E-state index in [1.54, 1.807) is 5.57 Å². The molecular weight excluding hydrogens is 452 g/mol. The minimum absolute atomic E-state index is 0.112. The Morgan fingerprint density at radius 1 is 0.946 bits per heavy atom. The van der Waals surface area contributed by atoms with E-state index in [0.717, 1.165) is 30.6 Å². The zero-order valence-electron chi connectivity index (χ0n) is 22.4. The van der Waals surface area contributed by atoms with Gasteiger partial charge < -0.3 is 4.74 Å². The number of hydrogen-bond donors (Lipinski definition) is 0. The van der Waals surface area contributed by atoms with Crippen LogP contribution in [0.25, 0.3) is 0 Å². The van der Waals surface area contributed by atoms with E-state index >= 15 is 0 Å². The van der Waals surface area contributed by atoms with Gasteiger partial charge in [0.25, 0.3) is 0 Å². The van der Waals surface area contributed by atoms with Crippen molar-refractivity contribution in [2.24, 2.45) is 34.5 Å². The standard InChI is InChI=1S/C35H40O2/c1-24-17-19-34(2)27(21-24)11-14-29-30-15-16-32(35(30,3)20-18-31(29)34)33(36)23-37-28-12-9-26(10-13-28)22-25-7-5-4-6-8-25/h4-10,12-13,17,19,21,29-32H,1,11,14-16,18,20,22-23H2,2-3H3. The largest absolute Gasteiger partial charge is 0.486 e. The van der Waals surface area contributed by atoms with Crippen LogP contribution in [0, 0.1) is 34.5 Å². The molecule has 3 fully saturated rings. The highest BCUT2D eigenvalue weighted by atomic mass is 16.5. The van der Waals surface area contributed by atoms with Gasteiger partial charge in [0.05, 0.1) is 0 Å². The molecular formula is C35H40O2. The Morgan fingerprint density at radius 2 is 1.70 bits per heavy atom. The third kappa shape index (κ3) is 4.33. The minimum Gasteiger partial charge on any atom is -0.486 e. The van der Waals surface area contributed by atoms with Crippen molar-refractivity contribution < 1.29 is 9.53 Å². The first-order chi connectivity index (χ1) is 17.9. The summed E-state index contributed by atoms with van der Waals surface area (Å²) in [5.41, 5.74) is 5.56. The first-order valence-corrected chi connectivity index (χ1v) is 14.2. The lowest BCUT2D eigenvalue weighted by Crippen LogP contribution is -2.50. The Labute approximate surface area is 222 Å². The molecule has 4 aliphatic carbocycles. The van der Waals surface area contributed by atoms with Gasteiger partial charge in [0.1, 0.15) is 12.4 Å². The van der Waals surface area contributed by atoms with Crippen molar-refractivity contribution in [3.63, 3.8) is 0 Å². The van der Waals surface area contributed by atoms with E-state index < -0.39 is 0 Å². The second-order valence-electron chi connectivity index (χ2n) is 12.5. The zero-order valence-corrected chi connectivity index (χ0v) is 22.4. The first-order valence-electron chi connectivity index (χ1n) is 14.2. The summed E-state index contributed by atoms with van der Waals surface area (Å²) in [5, 5.41) is 0. The second kappa shape index (κ2) is 9.46. The first kappa shape index (κ1) is 24.5. The number of allylic oxidation sites excluding steroid dienone is 5. The maximum absolute atomic E-state index is 13.5. The number of ether oxygens (including phenoxy) is 1. The van der Waals surface area contributed by atoms with E-state index in [9.17, 15) is 4.79 Å². The maximum atomic E-state index is 13.5. The summed E-state index contributed by atoms with van der Waals surface area (Å²) >= 11 is 0. The molecule has 0 radical (unpaired) electrons. The van der Waals surface area contributed by atoms with E-state index in [0.29, 0.717) is 23.5 Å². The highest BCUT2D eigenvalue weighted by Crippen LogP contribution is 2.66. The predicted molar refractivity (Wildman–Crippen MR) is 150 cm³/mol. The number of ketones is 1. The third-order valence-corrected chi connectivity index (χ3v) is 10.6. The van der Waals surface area contributed by atoms with Crippen LogP contribution in [-0.4, -0.2) is 12.4 Å². The van der Waals surface area contributed by atoms with E-state index in [4.69, 9.17) is 4.74 Å². The smallest absolute Gasteiger partial charge is 0.173 e. The Morgan fingerprint density at radius 3 is 2.49 bits per heavy atom. The molecule has 6 unspecified atom stereocenters. The molecule has 6 atom stereocenters. The summed E-state index contributed by atoms with van der Waals surface area (Å²) in [4.78, 5) is 13.5. The highest BCUT2D eigenvalue weighted by molar-refractivity contribution is 5.83. The highest BCUT2D eigenvalue weighted by Gasteiger charge is 2.59. The molecule has 2 nitrogen and oxygen atoms in total. The lowest BCUT2D eigenvalue weighted by molar-refractivity contribution is -0.131. The van der Waals surface area contributed by atoms with Gasteiger partial charge in [-0.25, -0.2) is 0 Å². The Bertz CT molecular complexity index is 1240. The summed E-state index contributed by atoms with van der Waals surface area (Å²) in [5.74, 6) is 3.27. The van der Waals surface area contributed by atoms with Crippen LogP contribution in [0.2, 0.25) is 0 Å². The summed E-state index contributed by atoms with van der Waals surface area (Å²) in [6, 6.07) is 18.7. The number of benzene rings is 2. The molecule has 0 spiro atoms. The molecule has 0 saturated heterocycles. The fourth-order valence-corrected chi connectivity index (χ4v) is 8.59. The number of Topliss-reactive ketones (excluding diaryl/α,β-unsaturated/α-hetero) is 1. The van der Waals surface area contributed by atoms with Gasteiger partial charge in [0, 0.05) is 11.3 Å². The van der Waals surface area contributed by atoms with Gasteiger partial charge in [0.15, 0.2) is 5.78 Å². The van der Waals surface area contributed by atoms with Crippen LogP contribution in [-0.2, 0) is 11.2 Å². The van der Waals surface area contributed by atoms with E-state index in [2.05, 4.69) is 75.1 Å². The molecule has 2 aromatic carbocycles. The minimum atomic E-state index is 0.112. The van der Waals surface area contributed by atoms with Crippen LogP contribution in [0.3, 0.4) is 0 Å². The molecule has 192 valence electrons. The average Bonchev–Trinajstić information content (AvgIpc) is 3.26. The van der Waals surface area contributed by atoms with Crippen LogP contribution in [0.5, 0.6) is 5.75 Å². The maximum Gasteiger partial charge on any atom is 0.173 e. The number of carbonyl (C=O) groups excluding carboxylic acids is 1. The van der Waals surface area contributed by atoms with Crippen molar-refractivity contribution >= 4 is 5.78 Å². The van der Waals surface area contributed by atoms with Crippen molar-refractivity contribution in [1.82, 2.24) is 0 Å². The molecule has 4 aliphatic rings. The van der Waals surface area contributed by atoms with Crippen LogP contribution < -0.4 is 4.74 Å². The van der Waals surface area contributed by atoms with Crippen molar-refractivity contribution in [2.45, 2.75) is 58.8 Å². The summed E-state index contributed by atoms with van der Waals surface area (Å²) in [7, 11) is 0. The molecule has 2 aromatic rings. The van der Waals surface area contributed by atoms with Gasteiger partial charge in [-0.05, 0) is 96.9 Å². The Balaban J connectivity index is 1.10. The number of rotatable bonds is 6. The normalized spacial score (nSPS) is 34.2. The van der Waals surface area contributed by atoms with Gasteiger partial charge in [-0.3, -0.25) is 4.79 Å².